The maximum atomic E-state index is 13.4. The molecule has 6 rings (SSSR count). The van der Waals surface area contributed by atoms with E-state index in [1.165, 1.54) is 10.9 Å². The van der Waals surface area contributed by atoms with Crippen LogP contribution in [0.2, 0.25) is 5.02 Å². The average molecular weight is 562 g/mol. The standard InChI is InChI=1S/C27H29ClN6O.2ClH/c28-20-6-3-5-19(15-20)27(17-29)10-8-22(9-11-27)33-12-13-34-24(31-32-25(34)26(33)35)16-21-14-18-4-1-2-7-23(18)30-21;;/h1-7,14-15,22,30H,8-13,16-17,29H2;2*1H/t22-,27+;;. The molecule has 4 aromatic rings. The van der Waals surface area contributed by atoms with Gasteiger partial charge in [0, 0.05) is 53.7 Å². The molecule has 1 aliphatic carbocycles. The smallest absolute Gasteiger partial charge is 0.292 e. The normalized spacial score (nSPS) is 21.3. The Morgan fingerprint density at radius 1 is 1.03 bits per heavy atom. The second kappa shape index (κ2) is 11.0. The van der Waals surface area contributed by atoms with E-state index in [9.17, 15) is 4.79 Å². The third-order valence-corrected chi connectivity index (χ3v) is 8.19. The summed E-state index contributed by atoms with van der Waals surface area (Å²) in [5.41, 5.74) is 9.58. The molecule has 3 N–H and O–H groups in total. The summed E-state index contributed by atoms with van der Waals surface area (Å²) in [4.78, 5) is 18.9. The highest BCUT2D eigenvalue weighted by molar-refractivity contribution is 6.30. The zero-order valence-corrected chi connectivity index (χ0v) is 22.8. The molecule has 0 radical (unpaired) electrons. The fraction of sp³-hybridized carbons (Fsp3) is 0.370. The van der Waals surface area contributed by atoms with Gasteiger partial charge in [0.1, 0.15) is 5.82 Å². The van der Waals surface area contributed by atoms with Gasteiger partial charge < -0.3 is 20.2 Å². The number of amides is 1. The van der Waals surface area contributed by atoms with Crippen LogP contribution in [-0.2, 0) is 18.4 Å². The van der Waals surface area contributed by atoms with E-state index in [1.54, 1.807) is 0 Å². The molecule has 2 aromatic carbocycles. The topological polar surface area (TPSA) is 92.8 Å². The molecule has 2 aliphatic rings. The van der Waals surface area contributed by atoms with Gasteiger partial charge in [-0.1, -0.05) is 41.9 Å². The molecule has 0 unspecified atom stereocenters. The Labute approximate surface area is 233 Å². The largest absolute Gasteiger partial charge is 0.358 e. The number of para-hydroxylation sites is 1. The van der Waals surface area contributed by atoms with Crippen molar-refractivity contribution >= 4 is 53.2 Å². The van der Waals surface area contributed by atoms with Crippen molar-refractivity contribution in [1.82, 2.24) is 24.6 Å². The van der Waals surface area contributed by atoms with Crippen LogP contribution in [0.3, 0.4) is 0 Å². The molecule has 0 spiro atoms. The summed E-state index contributed by atoms with van der Waals surface area (Å²) >= 11 is 6.26. The highest BCUT2D eigenvalue weighted by atomic mass is 35.5. The molecule has 1 amide bonds. The SMILES string of the molecule is Cl.Cl.NC[C@]1(c2cccc(Cl)c2)CC[C@@H](N2CCn3c(Cc4cc5ccccc5[nH]4)nnc3C2=O)CC1. The Morgan fingerprint density at radius 3 is 2.54 bits per heavy atom. The van der Waals surface area contributed by atoms with Crippen LogP contribution in [0.5, 0.6) is 0 Å². The Balaban J connectivity index is 0.00000160. The first-order valence-electron chi connectivity index (χ1n) is 12.3. The number of carbonyl (C=O) groups is 1. The second-order valence-corrected chi connectivity index (χ2v) is 10.3. The summed E-state index contributed by atoms with van der Waals surface area (Å²) in [7, 11) is 0. The molecule has 0 atom stereocenters. The highest BCUT2D eigenvalue weighted by Gasteiger charge is 2.40. The van der Waals surface area contributed by atoms with Crippen LogP contribution in [0.1, 0.15) is 53.4 Å². The van der Waals surface area contributed by atoms with Crippen molar-refractivity contribution in [3.8, 4) is 0 Å². The molecule has 1 saturated carbocycles. The van der Waals surface area contributed by atoms with Gasteiger partial charge in [0.25, 0.3) is 5.91 Å². The molecule has 1 fully saturated rings. The number of aromatic amines is 1. The maximum Gasteiger partial charge on any atom is 0.292 e. The molecule has 1 aliphatic heterocycles. The van der Waals surface area contributed by atoms with Crippen molar-refractivity contribution in [2.45, 2.75) is 50.1 Å². The second-order valence-electron chi connectivity index (χ2n) is 9.87. The van der Waals surface area contributed by atoms with Crippen molar-refractivity contribution < 1.29 is 4.79 Å². The minimum absolute atomic E-state index is 0. The molecule has 10 heteroatoms. The fourth-order valence-corrected chi connectivity index (χ4v) is 6.13. The molecule has 2 aromatic heterocycles. The van der Waals surface area contributed by atoms with Crippen LogP contribution in [-0.4, -0.2) is 49.7 Å². The van der Waals surface area contributed by atoms with Crippen molar-refractivity contribution in [3.63, 3.8) is 0 Å². The van der Waals surface area contributed by atoms with Crippen LogP contribution < -0.4 is 5.73 Å². The van der Waals surface area contributed by atoms with Crippen molar-refractivity contribution in [1.29, 1.82) is 0 Å². The van der Waals surface area contributed by atoms with Crippen LogP contribution in [0.4, 0.5) is 0 Å². The van der Waals surface area contributed by atoms with Gasteiger partial charge in [0.05, 0.1) is 0 Å². The highest BCUT2D eigenvalue weighted by Crippen LogP contribution is 2.41. The van der Waals surface area contributed by atoms with E-state index in [2.05, 4.69) is 39.4 Å². The zero-order chi connectivity index (χ0) is 24.0. The summed E-state index contributed by atoms with van der Waals surface area (Å²) in [5.74, 6) is 1.26. The van der Waals surface area contributed by atoms with Gasteiger partial charge in [-0.2, -0.15) is 0 Å². The van der Waals surface area contributed by atoms with Gasteiger partial charge in [-0.05, 0) is 60.9 Å². The summed E-state index contributed by atoms with van der Waals surface area (Å²) in [6.07, 6.45) is 4.35. The quantitative estimate of drug-likeness (QED) is 0.353. The number of nitrogens with two attached hydrogens (primary N) is 1. The van der Waals surface area contributed by atoms with Crippen molar-refractivity contribution in [2.75, 3.05) is 13.1 Å². The predicted molar refractivity (Wildman–Crippen MR) is 151 cm³/mol. The maximum absolute atomic E-state index is 13.4. The minimum Gasteiger partial charge on any atom is -0.358 e. The number of halogens is 3. The van der Waals surface area contributed by atoms with E-state index in [-0.39, 0.29) is 42.2 Å². The molecular formula is C27H31Cl3N6O. The summed E-state index contributed by atoms with van der Waals surface area (Å²) < 4.78 is 1.99. The predicted octanol–water partition coefficient (Wildman–Crippen LogP) is 5.14. The number of nitrogens with zero attached hydrogens (tertiary/aromatic N) is 4. The zero-order valence-electron chi connectivity index (χ0n) is 20.4. The van der Waals surface area contributed by atoms with E-state index < -0.39 is 0 Å². The number of benzene rings is 2. The molecule has 0 bridgehead atoms. The first kappa shape index (κ1) is 27.5. The van der Waals surface area contributed by atoms with E-state index in [0.717, 1.165) is 54.3 Å². The van der Waals surface area contributed by atoms with Gasteiger partial charge in [0.15, 0.2) is 0 Å². The van der Waals surface area contributed by atoms with Gasteiger partial charge in [-0.25, -0.2) is 0 Å². The van der Waals surface area contributed by atoms with Crippen LogP contribution in [0.15, 0.2) is 54.6 Å². The Hall–Kier alpha value is -2.58. The number of fused-ring (bicyclic) bond motifs is 2. The summed E-state index contributed by atoms with van der Waals surface area (Å²) in [6.45, 7) is 1.98. The Morgan fingerprint density at radius 2 is 1.81 bits per heavy atom. The van der Waals surface area contributed by atoms with Gasteiger partial charge in [-0.3, -0.25) is 4.79 Å². The first-order valence-corrected chi connectivity index (χ1v) is 12.7. The van der Waals surface area contributed by atoms with Gasteiger partial charge in [0.2, 0.25) is 5.82 Å². The Kier molecular flexibility index (Phi) is 8.19. The number of aromatic nitrogens is 4. The number of carbonyl (C=O) groups excluding carboxylic acids is 1. The number of hydrogen-bond acceptors (Lipinski definition) is 4. The van der Waals surface area contributed by atoms with Gasteiger partial charge in [-0.15, -0.1) is 35.0 Å². The molecule has 196 valence electrons. The van der Waals surface area contributed by atoms with E-state index in [0.29, 0.717) is 25.3 Å². The lowest BCUT2D eigenvalue weighted by Gasteiger charge is -2.44. The molecule has 3 heterocycles. The first-order chi connectivity index (χ1) is 17.1. The lowest BCUT2D eigenvalue weighted by atomic mass is 9.68. The number of nitrogens with one attached hydrogen (secondary N) is 1. The van der Waals surface area contributed by atoms with Crippen molar-refractivity contribution in [3.05, 3.63) is 82.5 Å². The summed E-state index contributed by atoms with van der Waals surface area (Å²) in [5, 5.41) is 10.6. The molecular weight excluding hydrogens is 531 g/mol. The molecule has 0 saturated heterocycles. The minimum atomic E-state index is -0.0764. The lowest BCUT2D eigenvalue weighted by Crippen LogP contribution is -2.51. The fourth-order valence-electron chi connectivity index (χ4n) is 5.94. The lowest BCUT2D eigenvalue weighted by molar-refractivity contribution is 0.0521. The number of rotatable bonds is 5. The monoisotopic (exact) mass is 560 g/mol. The average Bonchev–Trinajstić information content (AvgIpc) is 3.49. The van der Waals surface area contributed by atoms with E-state index in [1.807, 2.05) is 39.8 Å². The van der Waals surface area contributed by atoms with Crippen LogP contribution in [0.25, 0.3) is 10.9 Å². The van der Waals surface area contributed by atoms with Gasteiger partial charge >= 0.3 is 0 Å². The van der Waals surface area contributed by atoms with E-state index >= 15 is 0 Å². The molecule has 37 heavy (non-hydrogen) atoms. The third-order valence-electron chi connectivity index (χ3n) is 7.96. The third kappa shape index (κ3) is 4.98. The number of H-pyrrole nitrogens is 1. The number of hydrogen-bond donors (Lipinski definition) is 2. The van der Waals surface area contributed by atoms with Crippen molar-refractivity contribution in [2.24, 2.45) is 5.73 Å². The van der Waals surface area contributed by atoms with Crippen LogP contribution in [0, 0.1) is 0 Å². The Bertz CT molecular complexity index is 1360. The molecule has 7 nitrogen and oxygen atoms in total. The summed E-state index contributed by atoms with van der Waals surface area (Å²) in [6, 6.07) is 18.6. The van der Waals surface area contributed by atoms with Crippen LogP contribution >= 0.6 is 36.4 Å². The van der Waals surface area contributed by atoms with E-state index in [4.69, 9.17) is 17.3 Å².